The predicted octanol–water partition coefficient (Wildman–Crippen LogP) is 4.45. The van der Waals surface area contributed by atoms with Gasteiger partial charge in [-0.1, -0.05) is 12.1 Å². The van der Waals surface area contributed by atoms with E-state index in [1.807, 2.05) is 18.7 Å². The molecule has 1 aliphatic rings. The van der Waals surface area contributed by atoms with Gasteiger partial charge in [-0.2, -0.15) is 11.8 Å². The number of carbonyl (C=O) groups is 1. The Bertz CT molecular complexity index is 1020. The molecule has 31 heavy (non-hydrogen) atoms. The van der Waals surface area contributed by atoms with Crippen LogP contribution in [0.5, 0.6) is 11.6 Å². The Morgan fingerprint density at radius 3 is 2.45 bits per heavy atom. The number of hydrogen-bond donors (Lipinski definition) is 1. The van der Waals surface area contributed by atoms with Gasteiger partial charge in [0.2, 0.25) is 0 Å². The fourth-order valence-corrected chi connectivity index (χ4v) is 4.19. The van der Waals surface area contributed by atoms with Gasteiger partial charge in [-0.25, -0.2) is 14.4 Å². The smallest absolute Gasteiger partial charge is 0.263 e. The molecule has 1 aliphatic heterocycles. The molecular formula is C23H23FN4O2S. The van der Waals surface area contributed by atoms with Crippen molar-refractivity contribution in [2.24, 2.45) is 0 Å². The van der Waals surface area contributed by atoms with Gasteiger partial charge in [-0.05, 0) is 48.9 Å². The number of nitrogens with one attached hydrogen (secondary N) is 1. The first-order valence-corrected chi connectivity index (χ1v) is 11.2. The summed E-state index contributed by atoms with van der Waals surface area (Å²) in [7, 11) is 0. The summed E-state index contributed by atoms with van der Waals surface area (Å²) in [5.74, 6) is 3.36. The average Bonchev–Trinajstić information content (AvgIpc) is 2.81. The van der Waals surface area contributed by atoms with Gasteiger partial charge in [0.1, 0.15) is 11.6 Å². The van der Waals surface area contributed by atoms with E-state index in [0.717, 1.165) is 36.0 Å². The molecule has 1 N–H and O–H groups in total. The van der Waals surface area contributed by atoms with Crippen LogP contribution in [0.1, 0.15) is 28.9 Å². The van der Waals surface area contributed by atoms with E-state index < -0.39 is 0 Å². The number of carbonyl (C=O) groups excluding carboxylic acids is 1. The summed E-state index contributed by atoms with van der Waals surface area (Å²) in [6, 6.07) is 12.7. The van der Waals surface area contributed by atoms with Crippen LogP contribution in [0, 0.1) is 5.82 Å². The third-order valence-electron chi connectivity index (χ3n) is 5.01. The van der Waals surface area contributed by atoms with E-state index >= 15 is 0 Å². The van der Waals surface area contributed by atoms with Crippen LogP contribution in [0.4, 0.5) is 10.2 Å². The maximum Gasteiger partial charge on any atom is 0.263 e. The predicted molar refractivity (Wildman–Crippen MR) is 120 cm³/mol. The zero-order valence-corrected chi connectivity index (χ0v) is 17.9. The summed E-state index contributed by atoms with van der Waals surface area (Å²) < 4.78 is 19.1. The molecule has 160 valence electrons. The van der Waals surface area contributed by atoms with Gasteiger partial charge >= 0.3 is 0 Å². The lowest BCUT2D eigenvalue weighted by Crippen LogP contribution is -2.33. The molecule has 4 rings (SSSR count). The third kappa shape index (κ3) is 5.32. The molecule has 1 amide bonds. The van der Waals surface area contributed by atoms with Crippen LogP contribution in [0.2, 0.25) is 0 Å². The normalized spacial score (nSPS) is 14.7. The highest BCUT2D eigenvalue weighted by molar-refractivity contribution is 7.99. The van der Waals surface area contributed by atoms with E-state index in [0.29, 0.717) is 17.2 Å². The molecule has 0 saturated carbocycles. The van der Waals surface area contributed by atoms with Gasteiger partial charge in [0.25, 0.3) is 11.8 Å². The van der Waals surface area contributed by atoms with E-state index in [1.165, 1.54) is 12.1 Å². The zero-order valence-electron chi connectivity index (χ0n) is 17.1. The van der Waals surface area contributed by atoms with E-state index in [-0.39, 0.29) is 17.8 Å². The van der Waals surface area contributed by atoms with Crippen molar-refractivity contribution in [3.63, 3.8) is 0 Å². The van der Waals surface area contributed by atoms with Crippen LogP contribution >= 0.6 is 11.8 Å². The highest BCUT2D eigenvalue weighted by Crippen LogP contribution is 2.29. The van der Waals surface area contributed by atoms with Crippen LogP contribution in [-0.4, -0.2) is 40.5 Å². The summed E-state index contributed by atoms with van der Waals surface area (Å²) in [4.78, 5) is 23.5. The van der Waals surface area contributed by atoms with Crippen molar-refractivity contribution in [2.45, 2.75) is 13.0 Å². The van der Waals surface area contributed by atoms with Crippen molar-refractivity contribution < 1.29 is 13.9 Å². The lowest BCUT2D eigenvalue weighted by molar-refractivity contribution is 0.0940. The number of ether oxygens (including phenoxy) is 1. The molecule has 0 unspecified atom stereocenters. The van der Waals surface area contributed by atoms with Crippen LogP contribution in [-0.2, 0) is 0 Å². The van der Waals surface area contributed by atoms with E-state index in [9.17, 15) is 9.18 Å². The number of halogens is 1. The minimum absolute atomic E-state index is 0.214. The number of benzene rings is 2. The summed E-state index contributed by atoms with van der Waals surface area (Å²) >= 11 is 1.93. The quantitative estimate of drug-likeness (QED) is 0.613. The van der Waals surface area contributed by atoms with Crippen molar-refractivity contribution in [3.8, 4) is 11.6 Å². The minimum Gasteiger partial charge on any atom is -0.436 e. The van der Waals surface area contributed by atoms with Crippen molar-refractivity contribution in [1.82, 2.24) is 15.3 Å². The van der Waals surface area contributed by atoms with Gasteiger partial charge in [0.05, 0.1) is 6.04 Å². The molecule has 1 aromatic heterocycles. The highest BCUT2D eigenvalue weighted by Gasteiger charge is 2.18. The Balaban J connectivity index is 1.41. The molecule has 1 atom stereocenters. The Morgan fingerprint density at radius 2 is 1.74 bits per heavy atom. The Morgan fingerprint density at radius 1 is 1.06 bits per heavy atom. The van der Waals surface area contributed by atoms with E-state index in [1.54, 1.807) is 48.8 Å². The number of hydrogen-bond acceptors (Lipinski definition) is 6. The van der Waals surface area contributed by atoms with E-state index in [2.05, 4.69) is 20.2 Å². The second-order valence-electron chi connectivity index (χ2n) is 7.16. The number of nitrogens with zero attached hydrogens (tertiary/aromatic N) is 3. The molecule has 0 bridgehead atoms. The van der Waals surface area contributed by atoms with Crippen LogP contribution in [0.15, 0.2) is 60.9 Å². The van der Waals surface area contributed by atoms with Crippen molar-refractivity contribution >= 4 is 23.5 Å². The molecule has 0 radical (unpaired) electrons. The lowest BCUT2D eigenvalue weighted by atomic mass is 10.1. The maximum absolute atomic E-state index is 13.1. The molecule has 2 aromatic carbocycles. The maximum atomic E-state index is 13.1. The van der Waals surface area contributed by atoms with Crippen molar-refractivity contribution in [1.29, 1.82) is 0 Å². The summed E-state index contributed by atoms with van der Waals surface area (Å²) in [6.45, 7) is 3.67. The molecule has 6 nitrogen and oxygen atoms in total. The van der Waals surface area contributed by atoms with Crippen molar-refractivity contribution in [3.05, 3.63) is 77.9 Å². The van der Waals surface area contributed by atoms with Crippen LogP contribution in [0.25, 0.3) is 0 Å². The topological polar surface area (TPSA) is 67.3 Å². The van der Waals surface area contributed by atoms with Gasteiger partial charge in [-0.15, -0.1) is 0 Å². The molecule has 2 heterocycles. The number of amides is 1. The monoisotopic (exact) mass is 438 g/mol. The first-order chi connectivity index (χ1) is 15.1. The highest BCUT2D eigenvalue weighted by atomic mass is 32.2. The molecular weight excluding hydrogens is 415 g/mol. The third-order valence-corrected chi connectivity index (χ3v) is 5.95. The van der Waals surface area contributed by atoms with E-state index in [4.69, 9.17) is 4.74 Å². The molecule has 3 aromatic rings. The number of aromatic nitrogens is 2. The van der Waals surface area contributed by atoms with Crippen LogP contribution < -0.4 is 15.0 Å². The summed E-state index contributed by atoms with van der Waals surface area (Å²) in [5.41, 5.74) is 1.34. The Kier molecular flexibility index (Phi) is 6.66. The Hall–Kier alpha value is -3.13. The first-order valence-electron chi connectivity index (χ1n) is 10.1. The zero-order chi connectivity index (χ0) is 21.6. The first kappa shape index (κ1) is 21.1. The van der Waals surface area contributed by atoms with Gasteiger partial charge in [0.15, 0.2) is 5.82 Å². The minimum atomic E-state index is -0.302. The molecule has 1 saturated heterocycles. The second-order valence-corrected chi connectivity index (χ2v) is 8.38. The van der Waals surface area contributed by atoms with Gasteiger partial charge in [-0.3, -0.25) is 4.79 Å². The SMILES string of the molecule is C[C@H](NC(=O)c1ccc(Oc2nccnc2N2CCSCC2)cc1)c1ccc(F)cc1. The van der Waals surface area contributed by atoms with Crippen LogP contribution in [0.3, 0.4) is 0 Å². The fourth-order valence-electron chi connectivity index (χ4n) is 3.28. The number of anilines is 1. The standard InChI is InChI=1S/C23H23FN4O2S/c1-16(17-2-6-19(24)7-3-17)27-22(29)18-4-8-20(9-5-18)30-23-21(25-10-11-26-23)28-12-14-31-15-13-28/h2-11,16H,12-15H2,1H3,(H,27,29)/t16-/m0/s1. The average molecular weight is 439 g/mol. The largest absolute Gasteiger partial charge is 0.436 e. The second kappa shape index (κ2) is 9.78. The molecule has 8 heteroatoms. The number of thioether (sulfide) groups is 1. The Labute approximate surface area is 184 Å². The van der Waals surface area contributed by atoms with Crippen molar-refractivity contribution in [2.75, 3.05) is 29.5 Å². The molecule has 0 spiro atoms. The van der Waals surface area contributed by atoms with Gasteiger partial charge in [0, 0.05) is 42.6 Å². The fraction of sp³-hybridized carbons (Fsp3) is 0.261. The molecule has 0 aliphatic carbocycles. The summed E-state index contributed by atoms with van der Waals surface area (Å²) in [5, 5.41) is 2.92. The lowest BCUT2D eigenvalue weighted by Gasteiger charge is -2.28. The summed E-state index contributed by atoms with van der Waals surface area (Å²) in [6.07, 6.45) is 3.27. The number of rotatable bonds is 6. The molecule has 1 fully saturated rings. The van der Waals surface area contributed by atoms with Gasteiger partial charge < -0.3 is 15.0 Å².